The number of benzene rings is 1. The minimum Gasteiger partial charge on any atom is -0.479 e. The topological polar surface area (TPSA) is 38.8 Å². The zero-order chi connectivity index (χ0) is 14.3. The molecule has 1 aromatic rings. The van der Waals surface area contributed by atoms with Crippen molar-refractivity contribution < 1.29 is 14.3 Å². The molecule has 1 fully saturated rings. The highest BCUT2D eigenvalue weighted by molar-refractivity contribution is 14.1. The Morgan fingerprint density at radius 1 is 1.35 bits per heavy atom. The van der Waals surface area contributed by atoms with Crippen LogP contribution in [0, 0.1) is 3.57 Å². The summed E-state index contributed by atoms with van der Waals surface area (Å²) in [6.45, 7) is 4.50. The maximum absolute atomic E-state index is 12.4. The first-order valence-electron chi connectivity index (χ1n) is 6.97. The fourth-order valence-electron chi connectivity index (χ4n) is 2.80. The van der Waals surface area contributed by atoms with Crippen LogP contribution in [0.1, 0.15) is 26.7 Å². The van der Waals surface area contributed by atoms with Crippen LogP contribution in [0.3, 0.4) is 0 Å². The molecule has 0 aliphatic carbocycles. The van der Waals surface area contributed by atoms with Crippen LogP contribution in [0.2, 0.25) is 0 Å². The molecule has 2 heterocycles. The Hall–Kier alpha value is -0.820. The summed E-state index contributed by atoms with van der Waals surface area (Å²) in [5, 5.41) is 0. The Bertz CT molecular complexity index is 534. The molecule has 2 aliphatic heterocycles. The molecule has 0 radical (unpaired) electrons. The number of fused-ring (bicyclic) bond motifs is 1. The maximum atomic E-state index is 12.4. The summed E-state index contributed by atoms with van der Waals surface area (Å²) in [6.07, 6.45) is 2.08. The van der Waals surface area contributed by atoms with Gasteiger partial charge in [0.1, 0.15) is 5.75 Å². The normalized spacial score (nSPS) is 29.2. The Morgan fingerprint density at radius 3 is 2.85 bits per heavy atom. The lowest BCUT2D eigenvalue weighted by Crippen LogP contribution is -2.47. The highest BCUT2D eigenvalue weighted by Gasteiger charge is 2.34. The van der Waals surface area contributed by atoms with Gasteiger partial charge in [-0.1, -0.05) is 0 Å². The summed E-state index contributed by atoms with van der Waals surface area (Å²) < 4.78 is 12.7. The third-order valence-corrected chi connectivity index (χ3v) is 4.51. The summed E-state index contributed by atoms with van der Waals surface area (Å²) in [5.74, 6) is 0.803. The number of hydrogen-bond acceptors (Lipinski definition) is 3. The van der Waals surface area contributed by atoms with Crippen molar-refractivity contribution in [2.45, 2.75) is 45.0 Å². The van der Waals surface area contributed by atoms with Gasteiger partial charge in [-0.05, 0) is 67.5 Å². The highest BCUT2D eigenvalue weighted by atomic mass is 127. The van der Waals surface area contributed by atoms with E-state index < -0.39 is 6.10 Å². The molecule has 20 heavy (non-hydrogen) atoms. The molecule has 5 heteroatoms. The number of anilines is 1. The molecule has 1 saturated heterocycles. The van der Waals surface area contributed by atoms with Gasteiger partial charge in [-0.15, -0.1) is 0 Å². The van der Waals surface area contributed by atoms with Gasteiger partial charge < -0.3 is 14.4 Å². The molecule has 3 unspecified atom stereocenters. The molecule has 1 amide bonds. The van der Waals surface area contributed by atoms with Gasteiger partial charge in [0.15, 0.2) is 6.10 Å². The summed E-state index contributed by atoms with van der Waals surface area (Å²) in [6, 6.07) is 5.93. The first-order chi connectivity index (χ1) is 9.54. The summed E-state index contributed by atoms with van der Waals surface area (Å²) in [7, 11) is 0. The van der Waals surface area contributed by atoms with Crippen molar-refractivity contribution >= 4 is 34.2 Å². The lowest BCUT2D eigenvalue weighted by molar-refractivity contribution is -0.126. The predicted molar refractivity (Wildman–Crippen MR) is 85.2 cm³/mol. The van der Waals surface area contributed by atoms with Gasteiger partial charge in [-0.3, -0.25) is 4.79 Å². The van der Waals surface area contributed by atoms with Crippen molar-refractivity contribution in [2.75, 3.05) is 11.4 Å². The maximum Gasteiger partial charge on any atom is 0.267 e. The third kappa shape index (κ3) is 2.65. The van der Waals surface area contributed by atoms with E-state index >= 15 is 0 Å². The molecule has 3 rings (SSSR count). The fraction of sp³-hybridized carbons (Fsp3) is 0.533. The zero-order valence-corrected chi connectivity index (χ0v) is 13.8. The molecular formula is C15H18INO3. The van der Waals surface area contributed by atoms with Crippen LogP contribution in [0.4, 0.5) is 5.69 Å². The molecule has 1 aromatic carbocycles. The quantitative estimate of drug-likeness (QED) is 0.733. The van der Waals surface area contributed by atoms with Gasteiger partial charge in [0.05, 0.1) is 24.4 Å². The number of ether oxygens (including phenoxy) is 2. The SMILES string of the molecule is CC1CCC(CN2C(=O)C(C)Oc3cc(I)ccc32)O1. The van der Waals surface area contributed by atoms with Crippen molar-refractivity contribution in [2.24, 2.45) is 0 Å². The fourth-order valence-corrected chi connectivity index (χ4v) is 3.26. The first kappa shape index (κ1) is 14.1. The highest BCUT2D eigenvalue weighted by Crippen LogP contribution is 2.36. The molecule has 0 spiro atoms. The lowest BCUT2D eigenvalue weighted by atomic mass is 10.1. The summed E-state index contributed by atoms with van der Waals surface area (Å²) >= 11 is 2.25. The average molecular weight is 387 g/mol. The zero-order valence-electron chi connectivity index (χ0n) is 11.6. The number of carbonyl (C=O) groups is 1. The first-order valence-corrected chi connectivity index (χ1v) is 8.05. The number of nitrogens with zero attached hydrogens (tertiary/aromatic N) is 1. The Labute approximate surface area is 132 Å². The van der Waals surface area contributed by atoms with Crippen LogP contribution in [-0.4, -0.2) is 30.8 Å². The van der Waals surface area contributed by atoms with Crippen LogP contribution in [0.25, 0.3) is 0 Å². The van der Waals surface area contributed by atoms with E-state index in [2.05, 4.69) is 29.5 Å². The second kappa shape index (κ2) is 5.52. The smallest absolute Gasteiger partial charge is 0.267 e. The van der Waals surface area contributed by atoms with Crippen LogP contribution < -0.4 is 9.64 Å². The van der Waals surface area contributed by atoms with Crippen LogP contribution in [0.5, 0.6) is 5.75 Å². The predicted octanol–water partition coefficient (Wildman–Crippen LogP) is 2.97. The van der Waals surface area contributed by atoms with E-state index in [4.69, 9.17) is 9.47 Å². The molecular weight excluding hydrogens is 369 g/mol. The molecule has 2 aliphatic rings. The molecule has 3 atom stereocenters. The number of rotatable bonds is 2. The van der Waals surface area contributed by atoms with Crippen molar-refractivity contribution in [1.82, 2.24) is 0 Å². The van der Waals surface area contributed by atoms with Crippen molar-refractivity contribution in [3.8, 4) is 5.75 Å². The molecule has 4 nitrogen and oxygen atoms in total. The molecule has 108 valence electrons. The number of amides is 1. The van der Waals surface area contributed by atoms with Crippen molar-refractivity contribution in [3.63, 3.8) is 0 Å². The summed E-state index contributed by atoms with van der Waals surface area (Å²) in [5.41, 5.74) is 0.858. The minimum absolute atomic E-state index is 0.0156. The Kier molecular flexibility index (Phi) is 3.90. The Balaban J connectivity index is 1.87. The molecule has 0 N–H and O–H groups in total. The number of carbonyl (C=O) groups excluding carboxylic acids is 1. The largest absolute Gasteiger partial charge is 0.479 e. The van der Waals surface area contributed by atoms with E-state index in [0.717, 1.165) is 27.8 Å². The number of halogens is 1. The average Bonchev–Trinajstić information content (AvgIpc) is 2.80. The number of hydrogen-bond donors (Lipinski definition) is 0. The minimum atomic E-state index is -0.431. The van der Waals surface area contributed by atoms with E-state index in [1.54, 1.807) is 6.92 Å². The van der Waals surface area contributed by atoms with Crippen LogP contribution in [0.15, 0.2) is 18.2 Å². The van der Waals surface area contributed by atoms with Gasteiger partial charge in [0, 0.05) is 3.57 Å². The van der Waals surface area contributed by atoms with Gasteiger partial charge in [-0.2, -0.15) is 0 Å². The van der Waals surface area contributed by atoms with E-state index in [0.29, 0.717) is 12.6 Å². The second-order valence-corrected chi connectivity index (χ2v) is 6.71. The van der Waals surface area contributed by atoms with Crippen LogP contribution >= 0.6 is 22.6 Å². The lowest BCUT2D eigenvalue weighted by Gasteiger charge is -2.34. The molecule has 0 saturated carbocycles. The third-order valence-electron chi connectivity index (χ3n) is 3.84. The van der Waals surface area contributed by atoms with E-state index in [-0.39, 0.29) is 12.0 Å². The summed E-state index contributed by atoms with van der Waals surface area (Å²) in [4.78, 5) is 14.2. The van der Waals surface area contributed by atoms with E-state index in [9.17, 15) is 4.79 Å². The monoisotopic (exact) mass is 387 g/mol. The van der Waals surface area contributed by atoms with Crippen molar-refractivity contribution in [1.29, 1.82) is 0 Å². The van der Waals surface area contributed by atoms with Crippen molar-refractivity contribution in [3.05, 3.63) is 21.8 Å². The van der Waals surface area contributed by atoms with Crippen LogP contribution in [-0.2, 0) is 9.53 Å². The van der Waals surface area contributed by atoms with E-state index in [1.807, 2.05) is 23.1 Å². The Morgan fingerprint density at radius 2 is 2.15 bits per heavy atom. The molecule has 0 aromatic heterocycles. The second-order valence-electron chi connectivity index (χ2n) is 5.47. The molecule has 0 bridgehead atoms. The van der Waals surface area contributed by atoms with E-state index in [1.165, 1.54) is 0 Å². The van der Waals surface area contributed by atoms with Gasteiger partial charge in [0.2, 0.25) is 0 Å². The van der Waals surface area contributed by atoms with Gasteiger partial charge in [0.25, 0.3) is 5.91 Å². The standard InChI is InChI=1S/C15H18INO3/c1-9-3-5-12(19-9)8-17-13-6-4-11(16)7-14(13)20-10(2)15(17)18/h4,6-7,9-10,12H,3,5,8H2,1-2H3. The van der Waals surface area contributed by atoms with Gasteiger partial charge in [-0.25, -0.2) is 0 Å². The van der Waals surface area contributed by atoms with Gasteiger partial charge >= 0.3 is 0 Å².